The molecule has 1 atom stereocenters. The number of nitrogens with zero attached hydrogens (tertiary/aromatic N) is 1. The van der Waals surface area contributed by atoms with Gasteiger partial charge in [-0.05, 0) is 47.2 Å². The number of hydrogen-bond acceptors (Lipinski definition) is 3. The highest BCUT2D eigenvalue weighted by atomic mass is 16.5. The molecule has 0 aromatic rings. The molecule has 0 aliphatic carbocycles. The van der Waals surface area contributed by atoms with Gasteiger partial charge in [0.25, 0.3) is 0 Å². The SMILES string of the molecule is CNC(C)CCCCN1CCOC(C)(C)C1. The molecule has 0 aromatic carbocycles. The van der Waals surface area contributed by atoms with E-state index < -0.39 is 0 Å². The van der Waals surface area contributed by atoms with Gasteiger partial charge in [-0.15, -0.1) is 0 Å². The van der Waals surface area contributed by atoms with E-state index in [0.29, 0.717) is 6.04 Å². The predicted molar refractivity (Wildman–Crippen MR) is 68.8 cm³/mol. The quantitative estimate of drug-likeness (QED) is 0.703. The molecule has 1 rings (SSSR count). The first-order valence-electron chi connectivity index (χ1n) is 6.57. The molecule has 0 radical (unpaired) electrons. The van der Waals surface area contributed by atoms with E-state index in [1.807, 2.05) is 7.05 Å². The molecule has 1 unspecified atom stereocenters. The van der Waals surface area contributed by atoms with Crippen LogP contribution in [0.5, 0.6) is 0 Å². The molecule has 3 nitrogen and oxygen atoms in total. The Morgan fingerprint density at radius 2 is 2.12 bits per heavy atom. The summed E-state index contributed by atoms with van der Waals surface area (Å²) in [6, 6.07) is 0.654. The molecular formula is C13H28N2O. The third-order valence-corrected chi connectivity index (χ3v) is 3.36. The number of hydrogen-bond donors (Lipinski definition) is 1. The predicted octanol–water partition coefficient (Wildman–Crippen LogP) is 1.88. The Bertz CT molecular complexity index is 194. The highest BCUT2D eigenvalue weighted by Gasteiger charge is 2.26. The van der Waals surface area contributed by atoms with Gasteiger partial charge in [-0.2, -0.15) is 0 Å². The van der Waals surface area contributed by atoms with Crippen molar-refractivity contribution in [2.75, 3.05) is 33.3 Å². The van der Waals surface area contributed by atoms with Gasteiger partial charge in [-0.3, -0.25) is 4.90 Å². The van der Waals surface area contributed by atoms with E-state index in [-0.39, 0.29) is 5.60 Å². The fraction of sp³-hybridized carbons (Fsp3) is 1.00. The van der Waals surface area contributed by atoms with Gasteiger partial charge in [0.2, 0.25) is 0 Å². The molecule has 1 fully saturated rings. The molecule has 0 amide bonds. The van der Waals surface area contributed by atoms with Crippen LogP contribution < -0.4 is 5.32 Å². The highest BCUT2D eigenvalue weighted by Crippen LogP contribution is 2.16. The Hall–Kier alpha value is -0.120. The fourth-order valence-corrected chi connectivity index (χ4v) is 2.24. The zero-order chi connectivity index (χ0) is 12.0. The fourth-order valence-electron chi connectivity index (χ4n) is 2.24. The average Bonchev–Trinajstić information content (AvgIpc) is 2.22. The van der Waals surface area contributed by atoms with Crippen molar-refractivity contribution < 1.29 is 4.74 Å². The van der Waals surface area contributed by atoms with Crippen LogP contribution in [0.4, 0.5) is 0 Å². The molecule has 16 heavy (non-hydrogen) atoms. The van der Waals surface area contributed by atoms with Crippen LogP contribution in [-0.4, -0.2) is 49.8 Å². The maximum Gasteiger partial charge on any atom is 0.0753 e. The van der Waals surface area contributed by atoms with E-state index in [4.69, 9.17) is 4.74 Å². The van der Waals surface area contributed by atoms with Crippen molar-refractivity contribution in [1.82, 2.24) is 10.2 Å². The van der Waals surface area contributed by atoms with Crippen LogP contribution in [0.15, 0.2) is 0 Å². The van der Waals surface area contributed by atoms with Gasteiger partial charge in [0.05, 0.1) is 12.2 Å². The molecule has 0 aromatic heterocycles. The molecule has 1 saturated heterocycles. The van der Waals surface area contributed by atoms with Crippen LogP contribution in [0.25, 0.3) is 0 Å². The minimum Gasteiger partial charge on any atom is -0.373 e. The van der Waals surface area contributed by atoms with Crippen molar-refractivity contribution >= 4 is 0 Å². The van der Waals surface area contributed by atoms with Crippen molar-refractivity contribution in [2.45, 2.75) is 51.7 Å². The van der Waals surface area contributed by atoms with E-state index in [1.54, 1.807) is 0 Å². The topological polar surface area (TPSA) is 24.5 Å². The van der Waals surface area contributed by atoms with Crippen molar-refractivity contribution in [3.05, 3.63) is 0 Å². The lowest BCUT2D eigenvalue weighted by atomic mass is 10.1. The van der Waals surface area contributed by atoms with Crippen LogP contribution in [0.3, 0.4) is 0 Å². The smallest absolute Gasteiger partial charge is 0.0753 e. The number of unbranched alkanes of at least 4 members (excludes halogenated alkanes) is 1. The number of nitrogens with one attached hydrogen (secondary N) is 1. The van der Waals surface area contributed by atoms with Crippen molar-refractivity contribution in [3.8, 4) is 0 Å². The van der Waals surface area contributed by atoms with E-state index in [2.05, 4.69) is 31.0 Å². The van der Waals surface area contributed by atoms with E-state index in [0.717, 1.165) is 19.7 Å². The van der Waals surface area contributed by atoms with Crippen LogP contribution in [-0.2, 0) is 4.74 Å². The minimum absolute atomic E-state index is 0.0521. The van der Waals surface area contributed by atoms with Gasteiger partial charge in [0.1, 0.15) is 0 Å². The molecule has 0 saturated carbocycles. The summed E-state index contributed by atoms with van der Waals surface area (Å²) in [6.45, 7) is 10.9. The summed E-state index contributed by atoms with van der Waals surface area (Å²) in [5.74, 6) is 0. The van der Waals surface area contributed by atoms with E-state index in [9.17, 15) is 0 Å². The van der Waals surface area contributed by atoms with Crippen molar-refractivity contribution in [3.63, 3.8) is 0 Å². The lowest BCUT2D eigenvalue weighted by Gasteiger charge is -2.38. The van der Waals surface area contributed by atoms with Gasteiger partial charge < -0.3 is 10.1 Å². The van der Waals surface area contributed by atoms with E-state index in [1.165, 1.54) is 25.8 Å². The Balaban J connectivity index is 2.09. The first-order chi connectivity index (χ1) is 7.53. The summed E-state index contributed by atoms with van der Waals surface area (Å²) < 4.78 is 5.71. The van der Waals surface area contributed by atoms with Gasteiger partial charge in [0, 0.05) is 19.1 Å². The molecule has 1 N–H and O–H groups in total. The van der Waals surface area contributed by atoms with Crippen LogP contribution in [0.2, 0.25) is 0 Å². The number of rotatable bonds is 6. The maximum absolute atomic E-state index is 5.71. The zero-order valence-electron chi connectivity index (χ0n) is 11.4. The second-order valence-electron chi connectivity index (χ2n) is 5.57. The second kappa shape index (κ2) is 6.58. The first kappa shape index (κ1) is 13.9. The van der Waals surface area contributed by atoms with Gasteiger partial charge in [0.15, 0.2) is 0 Å². The summed E-state index contributed by atoms with van der Waals surface area (Å²) in [6.07, 6.45) is 3.91. The largest absolute Gasteiger partial charge is 0.373 e. The van der Waals surface area contributed by atoms with Crippen LogP contribution >= 0.6 is 0 Å². The highest BCUT2D eigenvalue weighted by molar-refractivity contribution is 4.78. The Morgan fingerprint density at radius 1 is 1.38 bits per heavy atom. The standard InChI is InChI=1S/C13H28N2O/c1-12(14-4)7-5-6-8-15-9-10-16-13(2,3)11-15/h12,14H,5-11H2,1-4H3. The zero-order valence-corrected chi connectivity index (χ0v) is 11.4. The molecule has 1 aliphatic heterocycles. The Morgan fingerprint density at radius 3 is 2.75 bits per heavy atom. The summed E-state index contributed by atoms with van der Waals surface area (Å²) in [5, 5.41) is 3.28. The van der Waals surface area contributed by atoms with Gasteiger partial charge in [-0.1, -0.05) is 6.42 Å². The lowest BCUT2D eigenvalue weighted by molar-refractivity contribution is -0.0861. The first-order valence-corrected chi connectivity index (χ1v) is 6.57. The monoisotopic (exact) mass is 228 g/mol. The summed E-state index contributed by atoms with van der Waals surface area (Å²) >= 11 is 0. The normalized spacial score (nSPS) is 23.2. The summed E-state index contributed by atoms with van der Waals surface area (Å²) in [5.41, 5.74) is 0.0521. The molecule has 1 heterocycles. The van der Waals surface area contributed by atoms with E-state index >= 15 is 0 Å². The molecule has 3 heteroatoms. The summed E-state index contributed by atoms with van der Waals surface area (Å²) in [4.78, 5) is 2.54. The maximum atomic E-state index is 5.71. The van der Waals surface area contributed by atoms with Gasteiger partial charge >= 0.3 is 0 Å². The average molecular weight is 228 g/mol. The number of ether oxygens (including phenoxy) is 1. The third-order valence-electron chi connectivity index (χ3n) is 3.36. The Labute approximate surface area is 101 Å². The lowest BCUT2D eigenvalue weighted by Crippen LogP contribution is -2.48. The number of morpholine rings is 1. The molecule has 0 spiro atoms. The Kier molecular flexibility index (Phi) is 5.73. The molecule has 96 valence electrons. The molecular weight excluding hydrogens is 200 g/mol. The second-order valence-corrected chi connectivity index (χ2v) is 5.57. The van der Waals surface area contributed by atoms with Crippen molar-refractivity contribution in [2.24, 2.45) is 0 Å². The molecule has 0 bridgehead atoms. The third kappa shape index (κ3) is 5.28. The summed E-state index contributed by atoms with van der Waals surface area (Å²) in [7, 11) is 2.04. The minimum atomic E-state index is 0.0521. The van der Waals surface area contributed by atoms with Crippen molar-refractivity contribution in [1.29, 1.82) is 0 Å². The van der Waals surface area contributed by atoms with Crippen LogP contribution in [0.1, 0.15) is 40.0 Å². The van der Waals surface area contributed by atoms with Gasteiger partial charge in [-0.25, -0.2) is 0 Å². The molecule has 1 aliphatic rings. The van der Waals surface area contributed by atoms with Crippen LogP contribution in [0, 0.1) is 0 Å².